The van der Waals surface area contributed by atoms with Gasteiger partial charge >= 0.3 is 0 Å². The van der Waals surface area contributed by atoms with E-state index in [1.54, 1.807) is 12.1 Å². The fourth-order valence-electron chi connectivity index (χ4n) is 4.68. The number of benzene rings is 1. The second-order valence-electron chi connectivity index (χ2n) is 9.02. The molecule has 2 aromatic heterocycles. The third kappa shape index (κ3) is 6.23. The number of fused-ring (bicyclic) bond motifs is 2. The minimum atomic E-state index is -0.0869. The van der Waals surface area contributed by atoms with Crippen LogP contribution in [0.25, 0.3) is 10.9 Å². The molecule has 0 bridgehead atoms. The number of rotatable bonds is 13. The van der Waals surface area contributed by atoms with E-state index < -0.39 is 0 Å². The van der Waals surface area contributed by atoms with Gasteiger partial charge in [0.05, 0.1) is 11.1 Å². The van der Waals surface area contributed by atoms with Crippen LogP contribution in [0.3, 0.4) is 0 Å². The molecule has 2 heterocycles. The summed E-state index contributed by atoms with van der Waals surface area (Å²) in [5.74, 6) is 5.75. The molecule has 0 radical (unpaired) electrons. The number of para-hydroxylation sites is 1. The Bertz CT molecular complexity index is 1080. The van der Waals surface area contributed by atoms with Crippen molar-refractivity contribution in [1.29, 1.82) is 0 Å². The fourth-order valence-corrected chi connectivity index (χ4v) is 4.68. The second-order valence-corrected chi connectivity index (χ2v) is 9.02. The molecule has 0 atom stereocenters. The second kappa shape index (κ2) is 12.3. The van der Waals surface area contributed by atoms with Crippen molar-refractivity contribution in [3.8, 4) is 0 Å². The number of nitrogens with zero attached hydrogens (tertiary/aromatic N) is 2. The van der Waals surface area contributed by atoms with E-state index >= 15 is 0 Å². The molecule has 1 aliphatic rings. The number of carbonyl (C=O) groups is 1. The molecule has 5 N–H and O–H groups in total. The average molecular weight is 461 g/mol. The Morgan fingerprint density at radius 3 is 2.44 bits per heavy atom. The lowest BCUT2D eigenvalue weighted by atomic mass is 10.1. The molecule has 1 aromatic carbocycles. The number of anilines is 2. The molecule has 0 spiro atoms. The Kier molecular flexibility index (Phi) is 8.68. The maximum Gasteiger partial charge on any atom is 0.252 e. The minimum Gasteiger partial charge on any atom is -0.384 e. The summed E-state index contributed by atoms with van der Waals surface area (Å²) in [7, 11) is 0. The van der Waals surface area contributed by atoms with Gasteiger partial charge in [0, 0.05) is 36.1 Å². The van der Waals surface area contributed by atoms with Gasteiger partial charge in [0.1, 0.15) is 5.82 Å². The number of amides is 1. The van der Waals surface area contributed by atoms with Crippen LogP contribution < -0.4 is 21.9 Å². The number of nitrogens with two attached hydrogens (primary N) is 1. The topological polar surface area (TPSA) is 105 Å². The van der Waals surface area contributed by atoms with Gasteiger partial charge in [0.25, 0.3) is 5.91 Å². The van der Waals surface area contributed by atoms with E-state index in [1.807, 2.05) is 0 Å². The van der Waals surface area contributed by atoms with Crippen molar-refractivity contribution < 1.29 is 4.79 Å². The number of hydrogen-bond acceptors (Lipinski definition) is 6. The highest BCUT2D eigenvalue weighted by Crippen LogP contribution is 2.33. The van der Waals surface area contributed by atoms with Crippen LogP contribution in [0.2, 0.25) is 0 Å². The van der Waals surface area contributed by atoms with Gasteiger partial charge in [-0.3, -0.25) is 9.78 Å². The summed E-state index contributed by atoms with van der Waals surface area (Å²) in [6, 6.07) is 11.9. The molecule has 1 amide bonds. The Morgan fingerprint density at radius 1 is 0.912 bits per heavy atom. The maximum atomic E-state index is 12.1. The quantitative estimate of drug-likeness (QED) is 0.163. The molecule has 180 valence electrons. The number of hydrazine groups is 1. The maximum absolute atomic E-state index is 12.1. The van der Waals surface area contributed by atoms with Crippen LogP contribution in [0.4, 0.5) is 11.5 Å². The van der Waals surface area contributed by atoms with E-state index in [0.717, 1.165) is 37.7 Å². The Hall–Kier alpha value is -3.19. The molecular formula is C27H36N6O. The van der Waals surface area contributed by atoms with Crippen molar-refractivity contribution in [2.24, 2.45) is 5.84 Å². The average Bonchev–Trinajstić information content (AvgIpc) is 3.35. The van der Waals surface area contributed by atoms with Crippen molar-refractivity contribution in [1.82, 2.24) is 15.3 Å². The highest BCUT2D eigenvalue weighted by Gasteiger charge is 2.19. The largest absolute Gasteiger partial charge is 0.384 e. The van der Waals surface area contributed by atoms with Crippen LogP contribution in [0.5, 0.6) is 0 Å². The number of carbonyl (C=O) groups excluding carboxylic acids is 1. The summed E-state index contributed by atoms with van der Waals surface area (Å²) in [5.41, 5.74) is 8.17. The lowest BCUT2D eigenvalue weighted by molar-refractivity contribution is 0.0952. The summed E-state index contributed by atoms with van der Waals surface area (Å²) in [4.78, 5) is 21.0. The fraction of sp³-hybridized carbons (Fsp3) is 0.444. The predicted molar refractivity (Wildman–Crippen MR) is 139 cm³/mol. The normalized spacial score (nSPS) is 12.5. The molecule has 0 saturated heterocycles. The molecule has 0 saturated carbocycles. The molecule has 4 rings (SSSR count). The summed E-state index contributed by atoms with van der Waals surface area (Å²) in [6.45, 7) is 1.72. The molecule has 0 unspecified atom stereocenters. The van der Waals surface area contributed by atoms with Crippen molar-refractivity contribution in [2.75, 3.05) is 23.8 Å². The van der Waals surface area contributed by atoms with Gasteiger partial charge < -0.3 is 16.1 Å². The summed E-state index contributed by atoms with van der Waals surface area (Å²) in [5, 5.41) is 7.96. The van der Waals surface area contributed by atoms with Crippen LogP contribution in [-0.2, 0) is 12.8 Å². The number of nitrogens with one attached hydrogen (secondary N) is 3. The van der Waals surface area contributed by atoms with E-state index in [-0.39, 0.29) is 5.91 Å². The lowest BCUT2D eigenvalue weighted by Gasteiger charge is -2.14. The number of unbranched alkanes of at least 4 members (excludes halogenated alkanes) is 6. The molecule has 0 aliphatic heterocycles. The summed E-state index contributed by atoms with van der Waals surface area (Å²) in [6.07, 6.45) is 13.3. The van der Waals surface area contributed by atoms with Crippen molar-refractivity contribution in [3.05, 3.63) is 59.4 Å². The molecule has 34 heavy (non-hydrogen) atoms. The van der Waals surface area contributed by atoms with Crippen molar-refractivity contribution in [2.45, 2.75) is 64.2 Å². The predicted octanol–water partition coefficient (Wildman–Crippen LogP) is 4.98. The molecule has 0 fully saturated rings. The van der Waals surface area contributed by atoms with Crippen molar-refractivity contribution >= 4 is 28.3 Å². The Labute approximate surface area is 201 Å². The zero-order valence-corrected chi connectivity index (χ0v) is 19.9. The van der Waals surface area contributed by atoms with Crippen LogP contribution in [0.1, 0.15) is 73.0 Å². The molecular weight excluding hydrogens is 424 g/mol. The summed E-state index contributed by atoms with van der Waals surface area (Å²) < 4.78 is 0. The van der Waals surface area contributed by atoms with Crippen LogP contribution >= 0.6 is 0 Å². The van der Waals surface area contributed by atoms with Gasteiger partial charge in [-0.25, -0.2) is 10.8 Å². The zero-order chi connectivity index (χ0) is 23.6. The first-order valence-corrected chi connectivity index (χ1v) is 12.6. The van der Waals surface area contributed by atoms with E-state index in [0.29, 0.717) is 17.9 Å². The number of nitrogen functional groups attached to an aromatic ring is 1. The first kappa shape index (κ1) is 24.0. The van der Waals surface area contributed by atoms with Crippen LogP contribution in [0.15, 0.2) is 42.6 Å². The van der Waals surface area contributed by atoms with Gasteiger partial charge in [-0.1, -0.05) is 50.3 Å². The minimum absolute atomic E-state index is 0.0869. The van der Waals surface area contributed by atoms with E-state index in [1.165, 1.54) is 67.1 Å². The zero-order valence-electron chi connectivity index (χ0n) is 19.9. The van der Waals surface area contributed by atoms with Crippen LogP contribution in [-0.4, -0.2) is 29.0 Å². The molecule has 3 aromatic rings. The number of pyridine rings is 2. The Morgan fingerprint density at radius 2 is 1.68 bits per heavy atom. The number of hydrogen-bond donors (Lipinski definition) is 4. The molecule has 7 heteroatoms. The highest BCUT2D eigenvalue weighted by molar-refractivity contribution is 5.94. The van der Waals surface area contributed by atoms with E-state index in [4.69, 9.17) is 10.8 Å². The van der Waals surface area contributed by atoms with Crippen LogP contribution in [0, 0.1) is 0 Å². The lowest BCUT2D eigenvalue weighted by Crippen LogP contribution is -2.24. The van der Waals surface area contributed by atoms with Crippen molar-refractivity contribution in [3.63, 3.8) is 0 Å². The van der Waals surface area contributed by atoms with Gasteiger partial charge in [-0.2, -0.15) is 0 Å². The summed E-state index contributed by atoms with van der Waals surface area (Å²) >= 11 is 0. The standard InChI is InChI=1S/C27H36N6O/c28-33-25-16-15-20(19-31-25)27(34)30-18-9-5-3-1-2-4-8-17-29-26-21-11-6-7-13-23(21)32-24-14-10-12-22(24)26/h6-7,11,13,15-16,19H,1-5,8-10,12,14,17-18,28H2,(H,29,32)(H,30,34)(H,31,33). The van der Waals surface area contributed by atoms with E-state index in [9.17, 15) is 4.79 Å². The van der Waals surface area contributed by atoms with Gasteiger partial charge in [0.15, 0.2) is 0 Å². The third-order valence-electron chi connectivity index (χ3n) is 6.53. The van der Waals surface area contributed by atoms with Gasteiger partial charge in [-0.15, -0.1) is 0 Å². The van der Waals surface area contributed by atoms with E-state index in [2.05, 4.69) is 45.3 Å². The first-order valence-electron chi connectivity index (χ1n) is 12.6. The molecule has 7 nitrogen and oxygen atoms in total. The third-order valence-corrected chi connectivity index (χ3v) is 6.53. The molecule has 1 aliphatic carbocycles. The monoisotopic (exact) mass is 460 g/mol. The number of aryl methyl sites for hydroxylation is 1. The SMILES string of the molecule is NNc1ccc(C(=O)NCCCCCCCCCNc2c3c(nc4ccccc24)CCC3)cn1. The number of aromatic nitrogens is 2. The van der Waals surface area contributed by atoms with Gasteiger partial charge in [-0.05, 0) is 55.9 Å². The Balaban J connectivity index is 1.06. The smallest absolute Gasteiger partial charge is 0.252 e. The highest BCUT2D eigenvalue weighted by atomic mass is 16.1. The first-order chi connectivity index (χ1) is 16.8. The van der Waals surface area contributed by atoms with Gasteiger partial charge in [0.2, 0.25) is 0 Å².